The fraction of sp³-hybridized carbons (Fsp3) is 0.529. The maximum Gasteiger partial charge on any atom is 0.128 e. The standard InChI is InChI=1S/C17H20ClFO/c1-2-13-5-3-7-16(10-13)20-17-11-14(6-4-8-18)9-15(19)12-17/h9,11-13,16H,2-3,5,7-8,10H2,1H3. The molecular weight excluding hydrogens is 275 g/mol. The van der Waals surface area contributed by atoms with Crippen molar-refractivity contribution >= 4 is 11.6 Å². The average molecular weight is 295 g/mol. The van der Waals surface area contributed by atoms with Crippen LogP contribution >= 0.6 is 11.6 Å². The Morgan fingerprint density at radius 2 is 2.20 bits per heavy atom. The molecule has 2 rings (SSSR count). The second-order valence-corrected chi connectivity index (χ2v) is 5.56. The van der Waals surface area contributed by atoms with E-state index in [1.807, 2.05) is 0 Å². The molecule has 2 unspecified atom stereocenters. The molecule has 0 N–H and O–H groups in total. The van der Waals surface area contributed by atoms with Crippen LogP contribution in [0.15, 0.2) is 18.2 Å². The van der Waals surface area contributed by atoms with Crippen molar-refractivity contribution in [1.29, 1.82) is 0 Å². The molecule has 1 aliphatic carbocycles. The van der Waals surface area contributed by atoms with Crippen molar-refractivity contribution in [2.75, 3.05) is 5.88 Å². The molecule has 20 heavy (non-hydrogen) atoms. The highest BCUT2D eigenvalue weighted by Gasteiger charge is 2.22. The second-order valence-electron chi connectivity index (χ2n) is 5.29. The molecule has 0 heterocycles. The molecule has 1 aromatic rings. The third-order valence-corrected chi connectivity index (χ3v) is 3.92. The normalized spacial score (nSPS) is 21.9. The number of hydrogen-bond donors (Lipinski definition) is 0. The molecule has 2 atom stereocenters. The van der Waals surface area contributed by atoms with Gasteiger partial charge in [0.2, 0.25) is 0 Å². The summed E-state index contributed by atoms with van der Waals surface area (Å²) in [6.07, 6.45) is 5.98. The van der Waals surface area contributed by atoms with Gasteiger partial charge in [-0.05, 0) is 37.3 Å². The Kier molecular flexibility index (Phi) is 5.73. The summed E-state index contributed by atoms with van der Waals surface area (Å²) < 4.78 is 19.5. The molecule has 1 nitrogen and oxygen atoms in total. The Labute approximate surface area is 125 Å². The van der Waals surface area contributed by atoms with Crippen LogP contribution in [0.5, 0.6) is 5.75 Å². The summed E-state index contributed by atoms with van der Waals surface area (Å²) in [6.45, 7) is 2.22. The van der Waals surface area contributed by atoms with Gasteiger partial charge in [0.25, 0.3) is 0 Å². The molecule has 3 heteroatoms. The van der Waals surface area contributed by atoms with Gasteiger partial charge in [-0.2, -0.15) is 0 Å². The van der Waals surface area contributed by atoms with Crippen molar-refractivity contribution in [2.24, 2.45) is 5.92 Å². The predicted octanol–water partition coefficient (Wildman–Crippen LogP) is 4.76. The lowest BCUT2D eigenvalue weighted by molar-refractivity contribution is 0.121. The van der Waals surface area contributed by atoms with Crippen LogP contribution < -0.4 is 4.74 Å². The van der Waals surface area contributed by atoms with Gasteiger partial charge in [0.15, 0.2) is 0 Å². The SMILES string of the molecule is CCC1CCCC(Oc2cc(F)cc(C#CCCl)c2)C1. The maximum absolute atomic E-state index is 13.6. The highest BCUT2D eigenvalue weighted by molar-refractivity contribution is 6.19. The zero-order chi connectivity index (χ0) is 14.4. The molecule has 0 amide bonds. The molecule has 0 aromatic heterocycles. The fourth-order valence-electron chi connectivity index (χ4n) is 2.75. The van der Waals surface area contributed by atoms with E-state index >= 15 is 0 Å². The summed E-state index contributed by atoms with van der Waals surface area (Å²) in [5.41, 5.74) is 0.614. The minimum atomic E-state index is -0.316. The zero-order valence-electron chi connectivity index (χ0n) is 11.8. The summed E-state index contributed by atoms with van der Waals surface area (Å²) in [7, 11) is 0. The van der Waals surface area contributed by atoms with Crippen molar-refractivity contribution in [1.82, 2.24) is 0 Å². The number of benzene rings is 1. The Balaban J connectivity index is 2.06. The van der Waals surface area contributed by atoms with Gasteiger partial charge < -0.3 is 4.74 Å². The first-order valence-electron chi connectivity index (χ1n) is 7.23. The van der Waals surface area contributed by atoms with E-state index in [9.17, 15) is 4.39 Å². The van der Waals surface area contributed by atoms with Crippen molar-refractivity contribution in [3.8, 4) is 17.6 Å². The molecule has 108 valence electrons. The van der Waals surface area contributed by atoms with Crippen molar-refractivity contribution in [3.63, 3.8) is 0 Å². The second kappa shape index (κ2) is 7.55. The topological polar surface area (TPSA) is 9.23 Å². The van der Waals surface area contributed by atoms with Crippen molar-refractivity contribution in [2.45, 2.75) is 45.1 Å². The zero-order valence-corrected chi connectivity index (χ0v) is 12.5. The predicted molar refractivity (Wildman–Crippen MR) is 80.7 cm³/mol. The maximum atomic E-state index is 13.6. The van der Waals surface area contributed by atoms with Crippen molar-refractivity contribution in [3.05, 3.63) is 29.6 Å². The van der Waals surface area contributed by atoms with Crippen LogP contribution in [-0.4, -0.2) is 12.0 Å². The van der Waals surface area contributed by atoms with E-state index in [4.69, 9.17) is 16.3 Å². The van der Waals surface area contributed by atoms with E-state index in [1.54, 1.807) is 6.07 Å². The first-order valence-corrected chi connectivity index (χ1v) is 7.76. The molecule has 0 saturated heterocycles. The van der Waals surface area contributed by atoms with Gasteiger partial charge in [0.1, 0.15) is 11.6 Å². The lowest BCUT2D eigenvalue weighted by atomic mass is 9.85. The number of ether oxygens (including phenoxy) is 1. The van der Waals surface area contributed by atoms with Gasteiger partial charge >= 0.3 is 0 Å². The van der Waals surface area contributed by atoms with Crippen LogP contribution in [0, 0.1) is 23.6 Å². The monoisotopic (exact) mass is 294 g/mol. The van der Waals surface area contributed by atoms with Gasteiger partial charge in [-0.15, -0.1) is 11.6 Å². The van der Waals surface area contributed by atoms with Gasteiger partial charge in [-0.1, -0.05) is 31.6 Å². The van der Waals surface area contributed by atoms with E-state index in [1.165, 1.54) is 31.4 Å². The highest BCUT2D eigenvalue weighted by atomic mass is 35.5. The summed E-state index contributed by atoms with van der Waals surface area (Å²) in [5, 5.41) is 0. The first-order chi connectivity index (χ1) is 9.71. The molecule has 0 bridgehead atoms. The average Bonchev–Trinajstić information content (AvgIpc) is 2.44. The fourth-order valence-corrected chi connectivity index (χ4v) is 2.82. The summed E-state index contributed by atoms with van der Waals surface area (Å²) in [5.74, 6) is 6.80. The number of rotatable bonds is 3. The van der Waals surface area contributed by atoms with Crippen LogP contribution in [-0.2, 0) is 0 Å². The molecule has 0 radical (unpaired) electrons. The van der Waals surface area contributed by atoms with Crippen LogP contribution in [0.4, 0.5) is 4.39 Å². The van der Waals surface area contributed by atoms with E-state index in [2.05, 4.69) is 18.8 Å². The van der Waals surface area contributed by atoms with Crippen LogP contribution in [0.1, 0.15) is 44.6 Å². The third-order valence-electron chi connectivity index (χ3n) is 3.79. The number of hydrogen-bond acceptors (Lipinski definition) is 1. The largest absolute Gasteiger partial charge is 0.490 e. The van der Waals surface area contributed by atoms with E-state index in [0.29, 0.717) is 11.3 Å². The van der Waals surface area contributed by atoms with Gasteiger partial charge in [0.05, 0.1) is 12.0 Å². The van der Waals surface area contributed by atoms with Crippen LogP contribution in [0.3, 0.4) is 0 Å². The van der Waals surface area contributed by atoms with E-state index in [0.717, 1.165) is 18.8 Å². The molecule has 1 aliphatic rings. The van der Waals surface area contributed by atoms with Crippen molar-refractivity contribution < 1.29 is 9.13 Å². The third kappa shape index (κ3) is 4.42. The Hall–Kier alpha value is -1.20. The Bertz CT molecular complexity index is 503. The van der Waals surface area contributed by atoms with E-state index < -0.39 is 0 Å². The van der Waals surface area contributed by atoms with Gasteiger partial charge in [-0.25, -0.2) is 4.39 Å². The van der Waals surface area contributed by atoms with E-state index in [-0.39, 0.29) is 17.8 Å². The number of halogens is 2. The molecule has 0 aliphatic heterocycles. The summed E-state index contributed by atoms with van der Waals surface area (Å²) in [4.78, 5) is 0. The molecule has 0 spiro atoms. The van der Waals surface area contributed by atoms with Crippen LogP contribution in [0.25, 0.3) is 0 Å². The molecular formula is C17H20ClFO. The molecule has 1 saturated carbocycles. The Morgan fingerprint density at radius 3 is 2.95 bits per heavy atom. The molecule has 1 aromatic carbocycles. The lowest BCUT2D eigenvalue weighted by Crippen LogP contribution is -2.25. The smallest absolute Gasteiger partial charge is 0.128 e. The van der Waals surface area contributed by atoms with Gasteiger partial charge in [0, 0.05) is 11.6 Å². The first kappa shape index (κ1) is 15.2. The minimum absolute atomic E-state index is 0.198. The Morgan fingerprint density at radius 1 is 1.35 bits per heavy atom. The number of alkyl halides is 1. The van der Waals surface area contributed by atoms with Gasteiger partial charge in [-0.3, -0.25) is 0 Å². The summed E-state index contributed by atoms with van der Waals surface area (Å²) >= 11 is 5.52. The summed E-state index contributed by atoms with van der Waals surface area (Å²) in [6, 6.07) is 4.63. The minimum Gasteiger partial charge on any atom is -0.490 e. The van der Waals surface area contributed by atoms with Crippen LogP contribution in [0.2, 0.25) is 0 Å². The molecule has 1 fully saturated rings. The lowest BCUT2D eigenvalue weighted by Gasteiger charge is -2.29. The highest BCUT2D eigenvalue weighted by Crippen LogP contribution is 2.30. The quantitative estimate of drug-likeness (QED) is 0.577.